The Labute approximate surface area is 144 Å². The third-order valence-electron chi connectivity index (χ3n) is 5.45. The van der Waals surface area contributed by atoms with Gasteiger partial charge >= 0.3 is 0 Å². The van der Waals surface area contributed by atoms with E-state index in [9.17, 15) is 4.79 Å². The molecule has 0 spiro atoms. The van der Waals surface area contributed by atoms with Gasteiger partial charge in [0.15, 0.2) is 0 Å². The molecule has 3 rings (SSSR count). The largest absolute Gasteiger partial charge is 0.343 e. The number of aryl methyl sites for hydroxylation is 2. The molecule has 2 fully saturated rings. The summed E-state index contributed by atoms with van der Waals surface area (Å²) >= 11 is 1.79. The summed E-state index contributed by atoms with van der Waals surface area (Å²) in [6.45, 7) is 4.28. The summed E-state index contributed by atoms with van der Waals surface area (Å²) in [5.41, 5.74) is 2.65. The Bertz CT molecular complexity index is 562. The molecule has 2 atom stereocenters. The lowest BCUT2D eigenvalue weighted by molar-refractivity contribution is -0.132. The number of hydrogen-bond donors (Lipinski definition) is 1. The number of amides is 1. The van der Waals surface area contributed by atoms with Crippen molar-refractivity contribution in [2.24, 2.45) is 0 Å². The molecule has 2 unspecified atom stereocenters. The van der Waals surface area contributed by atoms with E-state index in [1.807, 2.05) is 11.9 Å². The lowest BCUT2D eigenvalue weighted by Gasteiger charge is -2.35. The average Bonchev–Trinajstić information content (AvgIpc) is 2.88. The van der Waals surface area contributed by atoms with Crippen LogP contribution >= 0.6 is 11.8 Å². The van der Waals surface area contributed by atoms with Crippen molar-refractivity contribution in [2.75, 3.05) is 12.8 Å². The predicted molar refractivity (Wildman–Crippen MR) is 97.0 cm³/mol. The standard InChI is InChI=1S/C19H28N2OS/c1-13-4-7-18(10-14(13)2)23-9-8-19(22)21(3)17-11-15-5-6-16(12-17)20-15/h4,7,10,15-17,20H,5-6,8-9,11-12H2,1-3H3. The number of hydrogen-bond acceptors (Lipinski definition) is 3. The Morgan fingerprint density at radius 3 is 2.57 bits per heavy atom. The summed E-state index contributed by atoms with van der Waals surface area (Å²) in [7, 11) is 2.00. The van der Waals surface area contributed by atoms with Gasteiger partial charge in [-0.2, -0.15) is 0 Å². The maximum Gasteiger partial charge on any atom is 0.223 e. The highest BCUT2D eigenvalue weighted by molar-refractivity contribution is 7.99. The van der Waals surface area contributed by atoms with E-state index in [0.717, 1.165) is 18.6 Å². The molecule has 126 valence electrons. The molecule has 3 nitrogen and oxygen atoms in total. The molecular weight excluding hydrogens is 304 g/mol. The van der Waals surface area contributed by atoms with Crippen LogP contribution in [-0.2, 0) is 4.79 Å². The lowest BCUT2D eigenvalue weighted by Crippen LogP contribution is -2.48. The molecule has 0 aliphatic carbocycles. The third kappa shape index (κ3) is 4.10. The van der Waals surface area contributed by atoms with Gasteiger partial charge in [0.05, 0.1) is 0 Å². The quantitative estimate of drug-likeness (QED) is 0.837. The number of carbonyl (C=O) groups is 1. The zero-order valence-electron chi connectivity index (χ0n) is 14.5. The van der Waals surface area contributed by atoms with E-state index < -0.39 is 0 Å². The predicted octanol–water partition coefficient (Wildman–Crippen LogP) is 3.53. The van der Waals surface area contributed by atoms with Gasteiger partial charge in [0.25, 0.3) is 0 Å². The van der Waals surface area contributed by atoms with E-state index in [1.54, 1.807) is 11.8 Å². The number of rotatable bonds is 5. The molecular formula is C19H28N2OS. The monoisotopic (exact) mass is 332 g/mol. The molecule has 4 heteroatoms. The first-order chi connectivity index (χ1) is 11.0. The van der Waals surface area contributed by atoms with Gasteiger partial charge in [-0.1, -0.05) is 6.07 Å². The van der Waals surface area contributed by atoms with Crippen molar-refractivity contribution in [3.8, 4) is 0 Å². The van der Waals surface area contributed by atoms with Gasteiger partial charge in [0.2, 0.25) is 5.91 Å². The number of thioether (sulfide) groups is 1. The Morgan fingerprint density at radius 2 is 1.91 bits per heavy atom. The molecule has 1 aromatic rings. The van der Waals surface area contributed by atoms with E-state index >= 15 is 0 Å². The molecule has 1 N–H and O–H groups in total. The fraction of sp³-hybridized carbons (Fsp3) is 0.632. The zero-order valence-corrected chi connectivity index (χ0v) is 15.3. The SMILES string of the molecule is Cc1ccc(SCCC(=O)N(C)C2CC3CCC(C2)N3)cc1C. The first kappa shape index (κ1) is 16.8. The fourth-order valence-electron chi connectivity index (χ4n) is 3.78. The summed E-state index contributed by atoms with van der Waals surface area (Å²) in [4.78, 5) is 15.8. The van der Waals surface area contributed by atoms with E-state index in [0.29, 0.717) is 30.5 Å². The molecule has 0 aromatic heterocycles. The van der Waals surface area contributed by atoms with Gasteiger partial charge < -0.3 is 10.2 Å². The van der Waals surface area contributed by atoms with Crippen molar-refractivity contribution in [3.05, 3.63) is 29.3 Å². The lowest BCUT2D eigenvalue weighted by atomic mass is 9.98. The number of piperidine rings is 1. The van der Waals surface area contributed by atoms with Crippen LogP contribution in [0.15, 0.2) is 23.1 Å². The third-order valence-corrected chi connectivity index (χ3v) is 6.45. The topological polar surface area (TPSA) is 32.3 Å². The summed E-state index contributed by atoms with van der Waals surface area (Å²) in [6.07, 6.45) is 5.46. The van der Waals surface area contributed by atoms with Crippen LogP contribution in [0, 0.1) is 13.8 Å². The van der Waals surface area contributed by atoms with Crippen molar-refractivity contribution in [1.82, 2.24) is 10.2 Å². The minimum Gasteiger partial charge on any atom is -0.343 e. The maximum atomic E-state index is 12.5. The minimum absolute atomic E-state index is 0.299. The highest BCUT2D eigenvalue weighted by Crippen LogP contribution is 2.29. The van der Waals surface area contributed by atoms with E-state index in [2.05, 4.69) is 37.4 Å². The summed E-state index contributed by atoms with van der Waals surface area (Å²) < 4.78 is 0. The van der Waals surface area contributed by atoms with E-state index in [-0.39, 0.29) is 0 Å². The van der Waals surface area contributed by atoms with Crippen LogP contribution in [0.1, 0.15) is 43.2 Å². The van der Waals surface area contributed by atoms with Crippen LogP contribution in [0.2, 0.25) is 0 Å². The minimum atomic E-state index is 0.299. The fourth-order valence-corrected chi connectivity index (χ4v) is 4.72. The Kier molecular flexibility index (Phi) is 5.32. The second-order valence-electron chi connectivity index (χ2n) is 7.11. The van der Waals surface area contributed by atoms with Crippen LogP contribution in [0.5, 0.6) is 0 Å². The van der Waals surface area contributed by atoms with E-state index in [4.69, 9.17) is 0 Å². The second kappa shape index (κ2) is 7.27. The second-order valence-corrected chi connectivity index (χ2v) is 8.28. The van der Waals surface area contributed by atoms with E-state index in [1.165, 1.54) is 28.9 Å². The van der Waals surface area contributed by atoms with Crippen LogP contribution in [0.3, 0.4) is 0 Å². The normalized spacial score (nSPS) is 26.3. The molecule has 1 aromatic carbocycles. The number of nitrogens with one attached hydrogen (secondary N) is 1. The molecule has 0 saturated carbocycles. The molecule has 1 amide bonds. The summed E-state index contributed by atoms with van der Waals surface area (Å²) in [6, 6.07) is 8.26. The highest BCUT2D eigenvalue weighted by atomic mass is 32.2. The smallest absolute Gasteiger partial charge is 0.223 e. The highest BCUT2D eigenvalue weighted by Gasteiger charge is 2.36. The van der Waals surface area contributed by atoms with Gasteiger partial charge in [-0.05, 0) is 62.8 Å². The van der Waals surface area contributed by atoms with Crippen molar-refractivity contribution < 1.29 is 4.79 Å². The molecule has 2 saturated heterocycles. The molecule has 2 heterocycles. The number of benzene rings is 1. The summed E-state index contributed by atoms with van der Waals surface area (Å²) in [5, 5.41) is 3.65. The van der Waals surface area contributed by atoms with Gasteiger partial charge in [-0.25, -0.2) is 0 Å². The number of nitrogens with zero attached hydrogens (tertiary/aromatic N) is 1. The Hall–Kier alpha value is -1.00. The van der Waals surface area contributed by atoms with Crippen LogP contribution in [0.4, 0.5) is 0 Å². The van der Waals surface area contributed by atoms with Crippen LogP contribution in [-0.4, -0.2) is 41.7 Å². The van der Waals surface area contributed by atoms with Crippen LogP contribution in [0.25, 0.3) is 0 Å². The Morgan fingerprint density at radius 1 is 1.22 bits per heavy atom. The first-order valence-electron chi connectivity index (χ1n) is 8.74. The number of carbonyl (C=O) groups excluding carboxylic acids is 1. The maximum absolute atomic E-state index is 12.5. The molecule has 2 bridgehead atoms. The molecule has 23 heavy (non-hydrogen) atoms. The van der Waals surface area contributed by atoms with Gasteiger partial charge in [-0.15, -0.1) is 11.8 Å². The van der Waals surface area contributed by atoms with Crippen molar-refractivity contribution in [2.45, 2.75) is 69.0 Å². The molecule has 2 aliphatic heterocycles. The van der Waals surface area contributed by atoms with Crippen molar-refractivity contribution in [3.63, 3.8) is 0 Å². The molecule has 2 aliphatic rings. The molecule has 0 radical (unpaired) electrons. The average molecular weight is 333 g/mol. The van der Waals surface area contributed by atoms with Gasteiger partial charge in [-0.3, -0.25) is 4.79 Å². The Balaban J connectivity index is 1.46. The first-order valence-corrected chi connectivity index (χ1v) is 9.73. The van der Waals surface area contributed by atoms with Crippen molar-refractivity contribution in [1.29, 1.82) is 0 Å². The summed E-state index contributed by atoms with van der Waals surface area (Å²) in [5.74, 6) is 1.16. The number of fused-ring (bicyclic) bond motifs is 2. The van der Waals surface area contributed by atoms with Gasteiger partial charge in [0, 0.05) is 42.2 Å². The zero-order chi connectivity index (χ0) is 16.4. The van der Waals surface area contributed by atoms with Crippen molar-refractivity contribution >= 4 is 17.7 Å². The van der Waals surface area contributed by atoms with Gasteiger partial charge in [0.1, 0.15) is 0 Å². The van der Waals surface area contributed by atoms with Crippen LogP contribution < -0.4 is 5.32 Å².